The van der Waals surface area contributed by atoms with Gasteiger partial charge in [-0.3, -0.25) is 14.4 Å². The number of cyclic esters (lactones) is 1. The molecule has 2 aliphatic rings. The first-order chi connectivity index (χ1) is 22.5. The Labute approximate surface area is 276 Å². The van der Waals surface area contributed by atoms with Gasteiger partial charge >= 0.3 is 11.9 Å². The van der Waals surface area contributed by atoms with Crippen LogP contribution in [0.15, 0.2) is 60.7 Å². The van der Waals surface area contributed by atoms with E-state index in [1.807, 2.05) is 81.4 Å². The highest BCUT2D eigenvalue weighted by molar-refractivity contribution is 5.94. The Morgan fingerprint density at radius 3 is 2.34 bits per heavy atom. The molecule has 10 nitrogen and oxygen atoms in total. The number of ether oxygens (including phenoxy) is 6. The van der Waals surface area contributed by atoms with Crippen LogP contribution in [-0.2, 0) is 39.9 Å². The summed E-state index contributed by atoms with van der Waals surface area (Å²) in [4.78, 5) is 42.3. The number of carbonyl (C=O) groups is 3. The molecule has 0 saturated carbocycles. The van der Waals surface area contributed by atoms with Crippen LogP contribution >= 0.6 is 0 Å². The van der Waals surface area contributed by atoms with Crippen LogP contribution in [0, 0.1) is 5.92 Å². The van der Waals surface area contributed by atoms with E-state index in [0.29, 0.717) is 31.1 Å². The van der Waals surface area contributed by atoms with E-state index < -0.39 is 47.8 Å². The molecule has 1 fully saturated rings. The minimum absolute atomic E-state index is 0.130. The molecular formula is C37H45NO9. The van der Waals surface area contributed by atoms with E-state index in [1.165, 1.54) is 0 Å². The lowest BCUT2D eigenvalue weighted by Crippen LogP contribution is -2.49. The van der Waals surface area contributed by atoms with Crippen LogP contribution in [0.3, 0.4) is 0 Å². The fourth-order valence-corrected chi connectivity index (χ4v) is 6.22. The summed E-state index contributed by atoms with van der Waals surface area (Å²) in [6.07, 6.45) is -1.68. The van der Waals surface area contributed by atoms with E-state index in [1.54, 1.807) is 25.7 Å². The maximum Gasteiger partial charge on any atom is 0.314 e. The van der Waals surface area contributed by atoms with Gasteiger partial charge in [-0.2, -0.15) is 0 Å². The standard InChI is InChI=1S/C37H45NO9/c1-7-42-33(43-8-2)20-28(27-15-16-30-31(18-27)45-22-44-30)23(3)38(21-24-13-14-25-11-9-10-12-26(25)17-24)35(40)34-29(19-32(39)46-34)36(41)47-37(4,5)6/h9-18,23,28-29,33-34H,7-8,19-22H2,1-6H3/t23-,28+,29+,34+/m1/s1. The minimum atomic E-state index is -1.33. The Morgan fingerprint density at radius 2 is 1.64 bits per heavy atom. The molecule has 4 atom stereocenters. The smallest absolute Gasteiger partial charge is 0.314 e. The summed E-state index contributed by atoms with van der Waals surface area (Å²) in [7, 11) is 0. The highest BCUT2D eigenvalue weighted by Gasteiger charge is 2.49. The molecule has 1 saturated heterocycles. The van der Waals surface area contributed by atoms with Gasteiger partial charge in [-0.05, 0) is 81.6 Å². The molecule has 0 spiro atoms. The Kier molecular flexibility index (Phi) is 10.7. The number of nitrogens with zero attached hydrogens (tertiary/aromatic N) is 1. The zero-order valence-electron chi connectivity index (χ0n) is 28.0. The molecule has 252 valence electrons. The highest BCUT2D eigenvalue weighted by atomic mass is 16.7. The van der Waals surface area contributed by atoms with Crippen LogP contribution in [0.25, 0.3) is 10.8 Å². The number of benzene rings is 3. The molecule has 0 aromatic heterocycles. The van der Waals surface area contributed by atoms with Gasteiger partial charge in [0.15, 0.2) is 23.9 Å². The maximum absolute atomic E-state index is 14.7. The molecule has 0 radical (unpaired) electrons. The quantitative estimate of drug-likeness (QED) is 0.160. The topological polar surface area (TPSA) is 110 Å². The molecule has 0 bridgehead atoms. The molecule has 0 N–H and O–H groups in total. The minimum Gasteiger partial charge on any atom is -0.460 e. The lowest BCUT2D eigenvalue weighted by molar-refractivity contribution is -0.168. The molecule has 2 aliphatic heterocycles. The van der Waals surface area contributed by atoms with Crippen LogP contribution in [0.2, 0.25) is 0 Å². The third-order valence-corrected chi connectivity index (χ3v) is 8.46. The molecule has 47 heavy (non-hydrogen) atoms. The predicted molar refractivity (Wildman–Crippen MR) is 175 cm³/mol. The normalized spacial score (nSPS) is 18.7. The van der Waals surface area contributed by atoms with Crippen molar-refractivity contribution < 1.29 is 42.8 Å². The molecule has 0 unspecified atom stereocenters. The third kappa shape index (κ3) is 8.23. The van der Waals surface area contributed by atoms with Gasteiger partial charge in [0.1, 0.15) is 11.5 Å². The van der Waals surface area contributed by atoms with Crippen molar-refractivity contribution in [1.82, 2.24) is 4.90 Å². The first kappa shape index (κ1) is 34.2. The van der Waals surface area contributed by atoms with Crippen molar-refractivity contribution >= 4 is 28.6 Å². The van der Waals surface area contributed by atoms with Gasteiger partial charge in [0.05, 0.1) is 6.42 Å². The summed E-state index contributed by atoms with van der Waals surface area (Å²) in [5.41, 5.74) is 0.985. The van der Waals surface area contributed by atoms with Gasteiger partial charge in [0.25, 0.3) is 5.91 Å². The second-order valence-electron chi connectivity index (χ2n) is 12.9. The first-order valence-electron chi connectivity index (χ1n) is 16.3. The van der Waals surface area contributed by atoms with E-state index in [2.05, 4.69) is 0 Å². The third-order valence-electron chi connectivity index (χ3n) is 8.46. The van der Waals surface area contributed by atoms with E-state index in [-0.39, 0.29) is 25.7 Å². The van der Waals surface area contributed by atoms with Gasteiger partial charge in [0.2, 0.25) is 6.79 Å². The number of carbonyl (C=O) groups excluding carboxylic acids is 3. The van der Waals surface area contributed by atoms with Crippen LogP contribution in [0.4, 0.5) is 0 Å². The Hall–Kier alpha value is -4.15. The van der Waals surface area contributed by atoms with Crippen molar-refractivity contribution in [2.45, 2.75) is 90.9 Å². The Morgan fingerprint density at radius 1 is 0.936 bits per heavy atom. The summed E-state index contributed by atoms with van der Waals surface area (Å²) in [5.74, 6) is -1.84. The number of esters is 2. The monoisotopic (exact) mass is 647 g/mol. The van der Waals surface area contributed by atoms with Crippen LogP contribution in [0.5, 0.6) is 11.5 Å². The zero-order chi connectivity index (χ0) is 33.7. The summed E-state index contributed by atoms with van der Waals surface area (Å²) < 4.78 is 34.5. The molecule has 1 amide bonds. The van der Waals surface area contributed by atoms with Crippen molar-refractivity contribution in [3.63, 3.8) is 0 Å². The first-order valence-corrected chi connectivity index (χ1v) is 16.3. The summed E-state index contributed by atoms with van der Waals surface area (Å²) in [5, 5.41) is 2.11. The largest absolute Gasteiger partial charge is 0.460 e. The SMILES string of the molecule is CCOC(C[C@H](c1ccc2c(c1)OCO2)[C@@H](C)N(Cc1ccc2ccccc2c1)C(=O)[C@H]1OC(=O)C[C@@H]1C(=O)OC(C)(C)C)OCC. The van der Waals surface area contributed by atoms with E-state index in [4.69, 9.17) is 28.4 Å². The Balaban J connectivity index is 1.55. The molecule has 5 rings (SSSR count). The number of fused-ring (bicyclic) bond motifs is 2. The molecule has 3 aromatic carbocycles. The maximum atomic E-state index is 14.7. The Bertz CT molecular complexity index is 1580. The average Bonchev–Trinajstić information content (AvgIpc) is 3.67. The van der Waals surface area contributed by atoms with E-state index >= 15 is 0 Å². The summed E-state index contributed by atoms with van der Waals surface area (Å²) >= 11 is 0. The van der Waals surface area contributed by atoms with Crippen molar-refractivity contribution in [3.8, 4) is 11.5 Å². The van der Waals surface area contributed by atoms with Gasteiger partial charge in [-0.15, -0.1) is 0 Å². The molecule has 3 aromatic rings. The molecule has 2 heterocycles. The summed E-state index contributed by atoms with van der Waals surface area (Å²) in [6, 6.07) is 19.3. The van der Waals surface area contributed by atoms with Crippen molar-refractivity contribution in [2.24, 2.45) is 5.92 Å². The van der Waals surface area contributed by atoms with Gasteiger partial charge in [0, 0.05) is 38.1 Å². The lowest BCUT2D eigenvalue weighted by Gasteiger charge is -2.38. The lowest BCUT2D eigenvalue weighted by atomic mass is 9.86. The number of hydrogen-bond donors (Lipinski definition) is 0. The fourth-order valence-electron chi connectivity index (χ4n) is 6.22. The highest BCUT2D eigenvalue weighted by Crippen LogP contribution is 2.39. The zero-order valence-corrected chi connectivity index (χ0v) is 28.0. The number of amides is 1. The van der Waals surface area contributed by atoms with Crippen molar-refractivity contribution in [2.75, 3.05) is 20.0 Å². The summed E-state index contributed by atoms with van der Waals surface area (Å²) in [6.45, 7) is 12.2. The van der Waals surface area contributed by atoms with Crippen molar-refractivity contribution in [3.05, 3.63) is 71.8 Å². The van der Waals surface area contributed by atoms with Gasteiger partial charge in [-0.1, -0.05) is 42.5 Å². The van der Waals surface area contributed by atoms with E-state index in [0.717, 1.165) is 21.9 Å². The van der Waals surface area contributed by atoms with Gasteiger partial charge < -0.3 is 33.3 Å². The second kappa shape index (κ2) is 14.7. The number of hydrogen-bond acceptors (Lipinski definition) is 9. The van der Waals surface area contributed by atoms with E-state index in [9.17, 15) is 14.4 Å². The predicted octanol–water partition coefficient (Wildman–Crippen LogP) is 6.13. The second-order valence-corrected chi connectivity index (χ2v) is 12.9. The molecule has 10 heteroatoms. The van der Waals surface area contributed by atoms with Crippen LogP contribution in [-0.4, -0.2) is 66.8 Å². The van der Waals surface area contributed by atoms with Crippen molar-refractivity contribution in [1.29, 1.82) is 0 Å². The molecule has 0 aliphatic carbocycles. The average molecular weight is 648 g/mol. The number of rotatable bonds is 13. The van der Waals surface area contributed by atoms with Crippen LogP contribution in [0.1, 0.15) is 71.4 Å². The fraction of sp³-hybridized carbons (Fsp3) is 0.486. The molecular weight excluding hydrogens is 602 g/mol. The van der Waals surface area contributed by atoms with Gasteiger partial charge in [-0.25, -0.2) is 0 Å². The van der Waals surface area contributed by atoms with Crippen LogP contribution < -0.4 is 9.47 Å².